The van der Waals surface area contributed by atoms with E-state index < -0.39 is 0 Å². The number of halogens is 1. The van der Waals surface area contributed by atoms with Crippen molar-refractivity contribution in [1.29, 1.82) is 5.53 Å². The van der Waals surface area contributed by atoms with E-state index in [9.17, 15) is 24.0 Å². The number of piperidine rings is 1. The Balaban J connectivity index is 0.884. The molecule has 0 spiro atoms. The van der Waals surface area contributed by atoms with E-state index in [1.165, 1.54) is 19.2 Å². The number of Topliss-reactive ketones (excluding diaryl/α,β-unsaturated/α-hetero) is 1. The van der Waals surface area contributed by atoms with E-state index in [1.54, 1.807) is 71.6 Å². The third-order valence-electron chi connectivity index (χ3n) is 10.8. The second kappa shape index (κ2) is 19.8. The summed E-state index contributed by atoms with van der Waals surface area (Å²) in [5.74, 6) is 1.35. The molecule has 7 rings (SSSR count). The van der Waals surface area contributed by atoms with Gasteiger partial charge >= 0.3 is 0 Å². The number of amides is 1. The molecule has 1 amide bonds. The molecule has 15 heteroatoms. The summed E-state index contributed by atoms with van der Waals surface area (Å²) in [6.45, 7) is 4.75. The molecule has 2 N–H and O–H groups in total. The molecule has 1 saturated heterocycles. The number of likely N-dealkylation sites (tertiary alicyclic amines) is 1. The highest BCUT2D eigenvalue weighted by Crippen LogP contribution is 2.37. The van der Waals surface area contributed by atoms with Crippen molar-refractivity contribution >= 4 is 46.8 Å². The van der Waals surface area contributed by atoms with Gasteiger partial charge in [0, 0.05) is 66.5 Å². The summed E-state index contributed by atoms with van der Waals surface area (Å²) in [6.07, 6.45) is 5.44. The van der Waals surface area contributed by atoms with Crippen LogP contribution in [0.3, 0.4) is 0 Å². The minimum Gasteiger partial charge on any atom is -0.493 e. The van der Waals surface area contributed by atoms with Gasteiger partial charge in [-0.1, -0.05) is 41.9 Å². The normalized spacial score (nSPS) is 16.6. The van der Waals surface area contributed by atoms with Crippen LogP contribution in [0.5, 0.6) is 17.2 Å². The van der Waals surface area contributed by atoms with Crippen molar-refractivity contribution in [2.75, 3.05) is 32.8 Å². The Labute approximate surface area is 362 Å². The standard InChI is InChI=1S/C47H45ClN4O10/c1-3-58-44-22-46-39(20-38(44)30-7-4-6-29(16-30)28(2)55)42(56)21-45(62-46)37-11-10-34(19-41(37)48)59-27-32(51-49)23-50-24-47(57)52-14-12-33(13-15-52)60-35-17-36(18-35)61-43-9-5-8-31(25-53)40(43)26-54/h4-11,16,19-23,25-26,33,35-36,49-50H,3,12-15,17-18,24,27H2,1-2H3/b32-23-,51-49?. The molecule has 0 atom stereocenters. The number of benzene rings is 4. The summed E-state index contributed by atoms with van der Waals surface area (Å²) in [6, 6.07) is 21.7. The Morgan fingerprint density at radius 2 is 1.71 bits per heavy atom. The Morgan fingerprint density at radius 1 is 0.919 bits per heavy atom. The van der Waals surface area contributed by atoms with E-state index in [1.807, 2.05) is 13.0 Å². The second-order valence-electron chi connectivity index (χ2n) is 15.0. The van der Waals surface area contributed by atoms with Gasteiger partial charge in [-0.15, -0.1) is 0 Å². The van der Waals surface area contributed by atoms with Crippen LogP contribution in [-0.2, 0) is 9.53 Å². The van der Waals surface area contributed by atoms with Crippen LogP contribution in [0.2, 0.25) is 5.02 Å². The van der Waals surface area contributed by atoms with E-state index in [-0.39, 0.29) is 70.6 Å². The maximum absolute atomic E-state index is 13.4. The van der Waals surface area contributed by atoms with Crippen LogP contribution >= 0.6 is 11.6 Å². The fraction of sp³-hybridized carbons (Fsp3) is 0.298. The zero-order valence-electron chi connectivity index (χ0n) is 34.2. The Hall–Kier alpha value is -6.64. The highest BCUT2D eigenvalue weighted by molar-refractivity contribution is 6.33. The first-order chi connectivity index (χ1) is 30.1. The summed E-state index contributed by atoms with van der Waals surface area (Å²) >= 11 is 6.67. The minimum atomic E-state index is -0.288. The summed E-state index contributed by atoms with van der Waals surface area (Å²) in [4.78, 5) is 62.9. The summed E-state index contributed by atoms with van der Waals surface area (Å²) < 4.78 is 30.2. The summed E-state index contributed by atoms with van der Waals surface area (Å²) in [7, 11) is 0. The predicted octanol–water partition coefficient (Wildman–Crippen LogP) is 8.47. The Morgan fingerprint density at radius 3 is 2.42 bits per heavy atom. The predicted molar refractivity (Wildman–Crippen MR) is 232 cm³/mol. The Kier molecular flexibility index (Phi) is 13.9. The molecule has 0 bridgehead atoms. The molecule has 0 unspecified atom stereocenters. The molecule has 1 saturated carbocycles. The van der Waals surface area contributed by atoms with Gasteiger partial charge < -0.3 is 33.6 Å². The summed E-state index contributed by atoms with van der Waals surface area (Å²) in [5, 5.41) is 7.07. The van der Waals surface area contributed by atoms with Crippen molar-refractivity contribution in [3.05, 3.63) is 123 Å². The van der Waals surface area contributed by atoms with Gasteiger partial charge in [0.1, 0.15) is 47.0 Å². The van der Waals surface area contributed by atoms with Crippen molar-refractivity contribution in [1.82, 2.24) is 10.2 Å². The average Bonchev–Trinajstić information content (AvgIpc) is 3.26. The molecule has 1 aliphatic carbocycles. The molecule has 320 valence electrons. The monoisotopic (exact) mass is 860 g/mol. The number of carbonyl (C=O) groups is 4. The van der Waals surface area contributed by atoms with Gasteiger partial charge in [0.15, 0.2) is 23.8 Å². The maximum atomic E-state index is 13.4. The van der Waals surface area contributed by atoms with Gasteiger partial charge in [-0.25, -0.2) is 5.53 Å². The van der Waals surface area contributed by atoms with Crippen LogP contribution in [0.4, 0.5) is 0 Å². The smallest absolute Gasteiger partial charge is 0.241 e. The van der Waals surface area contributed by atoms with Crippen LogP contribution in [-0.4, -0.2) is 80.3 Å². The highest BCUT2D eigenvalue weighted by Gasteiger charge is 2.35. The van der Waals surface area contributed by atoms with Crippen LogP contribution in [0, 0.1) is 5.53 Å². The third-order valence-corrected chi connectivity index (χ3v) is 11.1. The quantitative estimate of drug-likeness (QED) is 0.0489. The van der Waals surface area contributed by atoms with E-state index in [0.29, 0.717) is 108 Å². The molecule has 2 fully saturated rings. The van der Waals surface area contributed by atoms with Gasteiger partial charge in [-0.2, -0.15) is 5.11 Å². The molecule has 4 aromatic carbocycles. The Bertz CT molecular complexity index is 2590. The molecular weight excluding hydrogens is 816 g/mol. The summed E-state index contributed by atoms with van der Waals surface area (Å²) in [5.41, 5.74) is 10.8. The van der Waals surface area contributed by atoms with Crippen molar-refractivity contribution < 1.29 is 42.5 Å². The lowest BCUT2D eigenvalue weighted by molar-refractivity contribution is -0.137. The van der Waals surface area contributed by atoms with Crippen molar-refractivity contribution in [2.45, 2.75) is 57.8 Å². The van der Waals surface area contributed by atoms with Crippen molar-refractivity contribution in [2.24, 2.45) is 5.11 Å². The van der Waals surface area contributed by atoms with E-state index in [4.69, 9.17) is 40.5 Å². The van der Waals surface area contributed by atoms with E-state index in [0.717, 1.165) is 5.56 Å². The second-order valence-corrected chi connectivity index (χ2v) is 15.4. The molecule has 2 heterocycles. The molecule has 14 nitrogen and oxygen atoms in total. The van der Waals surface area contributed by atoms with Gasteiger partial charge in [-0.05, 0) is 68.7 Å². The fourth-order valence-corrected chi connectivity index (χ4v) is 7.71. The first-order valence-corrected chi connectivity index (χ1v) is 20.7. The number of nitrogens with one attached hydrogen (secondary N) is 2. The van der Waals surface area contributed by atoms with Crippen LogP contribution in [0.25, 0.3) is 33.4 Å². The average molecular weight is 861 g/mol. The molecule has 2 aliphatic rings. The maximum Gasteiger partial charge on any atom is 0.241 e. The first-order valence-electron chi connectivity index (χ1n) is 20.3. The lowest BCUT2D eigenvalue weighted by Crippen LogP contribution is -2.47. The van der Waals surface area contributed by atoms with Gasteiger partial charge in [0.25, 0.3) is 0 Å². The molecule has 1 aliphatic heterocycles. The molecule has 0 radical (unpaired) electrons. The fourth-order valence-electron chi connectivity index (χ4n) is 7.45. The number of ether oxygens (including phenoxy) is 4. The molecule has 5 aromatic rings. The highest BCUT2D eigenvalue weighted by atomic mass is 35.5. The largest absolute Gasteiger partial charge is 0.493 e. The zero-order valence-corrected chi connectivity index (χ0v) is 34.9. The lowest BCUT2D eigenvalue weighted by atomic mass is 9.91. The third kappa shape index (κ3) is 10.1. The van der Waals surface area contributed by atoms with Crippen LogP contribution < -0.4 is 25.0 Å². The topological polar surface area (TPSA) is 187 Å². The first kappa shape index (κ1) is 43.4. The number of hydrogen-bond acceptors (Lipinski definition) is 13. The number of fused-ring (bicyclic) bond motifs is 1. The lowest BCUT2D eigenvalue weighted by Gasteiger charge is -2.40. The number of hydrogen-bond donors (Lipinski definition) is 2. The van der Waals surface area contributed by atoms with Crippen LogP contribution in [0.1, 0.15) is 70.6 Å². The molecule has 1 aromatic heterocycles. The molecular formula is C47H45ClN4O10. The van der Waals surface area contributed by atoms with Gasteiger partial charge in [0.05, 0.1) is 41.3 Å². The van der Waals surface area contributed by atoms with Crippen molar-refractivity contribution in [3.8, 4) is 39.7 Å². The van der Waals surface area contributed by atoms with Gasteiger partial charge in [0.2, 0.25) is 5.91 Å². The minimum absolute atomic E-state index is 0.0121. The van der Waals surface area contributed by atoms with Crippen molar-refractivity contribution in [3.63, 3.8) is 0 Å². The van der Waals surface area contributed by atoms with E-state index in [2.05, 4.69) is 10.4 Å². The molecule has 62 heavy (non-hydrogen) atoms. The van der Waals surface area contributed by atoms with Gasteiger partial charge in [-0.3, -0.25) is 24.0 Å². The van der Waals surface area contributed by atoms with Crippen LogP contribution in [0.15, 0.2) is 105 Å². The zero-order chi connectivity index (χ0) is 43.8. The van der Waals surface area contributed by atoms with E-state index >= 15 is 0 Å². The SMILES string of the molecule is CCOc1cc2oc(-c3ccc(OC/C(=C/NCC(=O)N4CCC(OC5CC(Oc6cccc(C=O)c6C=O)C5)CC4)N=N)cc3Cl)cc(=O)c2cc1-c1cccc(C(C)=O)c1. The number of nitrogens with zero attached hydrogens (tertiary/aromatic N) is 2. The number of aldehydes is 2. The number of ketones is 1. The number of rotatable bonds is 18. The number of carbonyl (C=O) groups excluding carboxylic acids is 4.